The van der Waals surface area contributed by atoms with Crippen LogP contribution in [0, 0.1) is 18.3 Å². The largest absolute Gasteiger partial charge is 0.218 e. The van der Waals surface area contributed by atoms with Crippen molar-refractivity contribution in [3.63, 3.8) is 0 Å². The van der Waals surface area contributed by atoms with Crippen LogP contribution in [0.1, 0.15) is 11.1 Å². The lowest BCUT2D eigenvalue weighted by Crippen LogP contribution is -2.03. The van der Waals surface area contributed by atoms with Crippen LogP contribution in [0.15, 0.2) is 52.3 Å². The number of sulfone groups is 1. The van der Waals surface area contributed by atoms with Crippen LogP contribution >= 0.6 is 23.2 Å². The first-order valence-corrected chi connectivity index (χ1v) is 8.47. The number of aryl methyl sites for hydroxylation is 1. The standard InChI is InChI=1S/C16H11Cl2NO2S/c1-11-5-7-13(8-6-11)22(20,21)14(10-19)9-12-3-2-4-15(17)16(12)18/h2-9H,1H3. The monoisotopic (exact) mass is 351 g/mol. The van der Waals surface area contributed by atoms with Crippen LogP contribution in [-0.2, 0) is 9.84 Å². The van der Waals surface area contributed by atoms with E-state index >= 15 is 0 Å². The topological polar surface area (TPSA) is 57.9 Å². The predicted molar refractivity (Wildman–Crippen MR) is 88.4 cm³/mol. The van der Waals surface area contributed by atoms with Gasteiger partial charge in [0.15, 0.2) is 0 Å². The van der Waals surface area contributed by atoms with Gasteiger partial charge in [-0.2, -0.15) is 5.26 Å². The normalized spacial score (nSPS) is 12.0. The molecule has 0 aromatic heterocycles. The molecule has 0 aliphatic heterocycles. The molecule has 2 aromatic carbocycles. The summed E-state index contributed by atoms with van der Waals surface area (Å²) in [4.78, 5) is -0.329. The zero-order chi connectivity index (χ0) is 16.3. The van der Waals surface area contributed by atoms with Crippen LogP contribution in [0.4, 0.5) is 0 Å². The van der Waals surface area contributed by atoms with Gasteiger partial charge in [0.05, 0.1) is 14.9 Å². The summed E-state index contributed by atoms with van der Waals surface area (Å²) in [5, 5.41) is 9.72. The molecule has 0 N–H and O–H groups in total. The molecule has 6 heteroatoms. The summed E-state index contributed by atoms with van der Waals surface area (Å²) in [6.07, 6.45) is 1.23. The van der Waals surface area contributed by atoms with Crippen molar-refractivity contribution < 1.29 is 8.42 Å². The van der Waals surface area contributed by atoms with Crippen LogP contribution in [0.5, 0.6) is 0 Å². The molecule has 0 saturated carbocycles. The van der Waals surface area contributed by atoms with Gasteiger partial charge in [0.25, 0.3) is 0 Å². The molecule has 0 atom stereocenters. The molecule has 0 aliphatic rings. The van der Waals surface area contributed by atoms with Gasteiger partial charge in [0.1, 0.15) is 11.0 Å². The number of halogens is 2. The van der Waals surface area contributed by atoms with Crippen LogP contribution < -0.4 is 0 Å². The van der Waals surface area contributed by atoms with Gasteiger partial charge < -0.3 is 0 Å². The highest BCUT2D eigenvalue weighted by atomic mass is 35.5. The van der Waals surface area contributed by atoms with E-state index in [0.717, 1.165) is 5.56 Å². The van der Waals surface area contributed by atoms with E-state index in [0.29, 0.717) is 10.6 Å². The maximum atomic E-state index is 12.5. The van der Waals surface area contributed by atoms with Gasteiger partial charge in [-0.05, 0) is 36.8 Å². The molecule has 22 heavy (non-hydrogen) atoms. The summed E-state index contributed by atoms with van der Waals surface area (Å²) >= 11 is 11.9. The van der Waals surface area contributed by atoms with Crippen molar-refractivity contribution in [2.45, 2.75) is 11.8 Å². The van der Waals surface area contributed by atoms with E-state index in [4.69, 9.17) is 23.2 Å². The van der Waals surface area contributed by atoms with Gasteiger partial charge >= 0.3 is 0 Å². The van der Waals surface area contributed by atoms with E-state index in [1.807, 2.05) is 6.92 Å². The van der Waals surface area contributed by atoms with Crippen LogP contribution in [0.2, 0.25) is 10.0 Å². The first-order chi connectivity index (χ1) is 10.4. The summed E-state index contributed by atoms with van der Waals surface area (Å²) in [7, 11) is -3.90. The van der Waals surface area contributed by atoms with Crippen LogP contribution in [-0.4, -0.2) is 8.42 Å². The maximum Gasteiger partial charge on any atom is 0.216 e. The Morgan fingerprint density at radius 2 is 1.77 bits per heavy atom. The molecule has 0 heterocycles. The third-order valence-electron chi connectivity index (χ3n) is 3.00. The minimum atomic E-state index is -3.90. The highest BCUT2D eigenvalue weighted by Gasteiger charge is 2.21. The van der Waals surface area contributed by atoms with Crippen molar-refractivity contribution >= 4 is 39.1 Å². The molecule has 0 unspecified atom stereocenters. The number of nitrogens with zero attached hydrogens (tertiary/aromatic N) is 1. The van der Waals surface area contributed by atoms with Gasteiger partial charge in [0, 0.05) is 0 Å². The maximum absolute atomic E-state index is 12.5. The summed E-state index contributed by atoms with van der Waals surface area (Å²) in [5.74, 6) is 0. The Hall–Kier alpha value is -1.80. The van der Waals surface area contributed by atoms with Crippen LogP contribution in [0.25, 0.3) is 6.08 Å². The lowest BCUT2D eigenvalue weighted by atomic mass is 10.2. The Morgan fingerprint density at radius 1 is 1.14 bits per heavy atom. The Balaban J connectivity index is 2.56. The molecule has 0 bridgehead atoms. The Morgan fingerprint density at radius 3 is 2.36 bits per heavy atom. The third kappa shape index (κ3) is 3.33. The smallest absolute Gasteiger partial charge is 0.216 e. The second kappa shape index (κ2) is 6.53. The summed E-state index contributed by atoms with van der Waals surface area (Å²) in [6.45, 7) is 1.85. The lowest BCUT2D eigenvalue weighted by molar-refractivity contribution is 0.603. The zero-order valence-electron chi connectivity index (χ0n) is 11.5. The fourth-order valence-electron chi connectivity index (χ4n) is 1.79. The molecule has 0 saturated heterocycles. The molecule has 2 rings (SSSR count). The average Bonchev–Trinajstić information content (AvgIpc) is 2.49. The summed E-state index contributed by atoms with van der Waals surface area (Å²) in [5.41, 5.74) is 1.31. The minimum Gasteiger partial charge on any atom is -0.218 e. The van der Waals surface area contributed by atoms with E-state index in [-0.39, 0.29) is 14.8 Å². The highest BCUT2D eigenvalue weighted by molar-refractivity contribution is 7.95. The number of rotatable bonds is 3. The molecule has 112 valence electrons. The second-order valence-electron chi connectivity index (χ2n) is 4.58. The number of nitriles is 1. The molecule has 3 nitrogen and oxygen atoms in total. The fraction of sp³-hybridized carbons (Fsp3) is 0.0625. The van der Waals surface area contributed by atoms with E-state index in [2.05, 4.69) is 0 Å². The quantitative estimate of drug-likeness (QED) is 0.756. The Bertz CT molecular complexity index is 879. The van der Waals surface area contributed by atoms with E-state index in [1.54, 1.807) is 36.4 Å². The lowest BCUT2D eigenvalue weighted by Gasteiger charge is -2.05. The average molecular weight is 352 g/mol. The van der Waals surface area contributed by atoms with Gasteiger partial charge in [-0.15, -0.1) is 0 Å². The number of allylic oxidation sites excluding steroid dienone is 1. The van der Waals surface area contributed by atoms with Crippen molar-refractivity contribution in [1.82, 2.24) is 0 Å². The molecule has 2 aromatic rings. The Labute approximate surface area is 139 Å². The Kier molecular flexibility index (Phi) is 4.92. The van der Waals surface area contributed by atoms with E-state index in [9.17, 15) is 13.7 Å². The predicted octanol–water partition coefficient (Wildman–Crippen LogP) is 4.64. The van der Waals surface area contributed by atoms with Gasteiger partial charge in [0.2, 0.25) is 9.84 Å². The zero-order valence-corrected chi connectivity index (χ0v) is 13.9. The number of hydrogen-bond donors (Lipinski definition) is 0. The first-order valence-electron chi connectivity index (χ1n) is 6.24. The SMILES string of the molecule is Cc1ccc(S(=O)(=O)C(C#N)=Cc2cccc(Cl)c2Cl)cc1. The molecular formula is C16H11Cl2NO2S. The number of hydrogen-bond acceptors (Lipinski definition) is 3. The van der Waals surface area contributed by atoms with Crippen molar-refractivity contribution in [3.05, 3.63) is 68.5 Å². The van der Waals surface area contributed by atoms with Gasteiger partial charge in [-0.25, -0.2) is 8.42 Å². The second-order valence-corrected chi connectivity index (χ2v) is 7.28. The number of benzene rings is 2. The summed E-state index contributed by atoms with van der Waals surface area (Å²) in [6, 6.07) is 12.8. The molecule has 0 radical (unpaired) electrons. The molecule has 0 fully saturated rings. The minimum absolute atomic E-state index is 0.0593. The van der Waals surface area contributed by atoms with Gasteiger partial charge in [-0.1, -0.05) is 53.0 Å². The third-order valence-corrected chi connectivity index (χ3v) is 5.51. The van der Waals surface area contributed by atoms with Crippen molar-refractivity contribution in [1.29, 1.82) is 5.26 Å². The van der Waals surface area contributed by atoms with E-state index in [1.165, 1.54) is 18.2 Å². The van der Waals surface area contributed by atoms with Crippen LogP contribution in [0.3, 0.4) is 0 Å². The summed E-state index contributed by atoms with van der Waals surface area (Å²) < 4.78 is 25.0. The van der Waals surface area contributed by atoms with Crippen molar-refractivity contribution in [2.75, 3.05) is 0 Å². The molecule has 0 spiro atoms. The van der Waals surface area contributed by atoms with Crippen molar-refractivity contribution in [2.24, 2.45) is 0 Å². The molecule has 0 amide bonds. The highest BCUT2D eigenvalue weighted by Crippen LogP contribution is 2.29. The fourth-order valence-corrected chi connectivity index (χ4v) is 3.30. The van der Waals surface area contributed by atoms with Gasteiger partial charge in [-0.3, -0.25) is 0 Å². The molecular weight excluding hydrogens is 341 g/mol. The van der Waals surface area contributed by atoms with E-state index < -0.39 is 9.84 Å². The first kappa shape index (κ1) is 16.6. The van der Waals surface area contributed by atoms with Crippen molar-refractivity contribution in [3.8, 4) is 6.07 Å². The molecule has 0 aliphatic carbocycles.